The van der Waals surface area contributed by atoms with Crippen LogP contribution in [0.1, 0.15) is 117 Å². The van der Waals surface area contributed by atoms with Gasteiger partial charge in [-0.15, -0.1) is 0 Å². The average Bonchev–Trinajstić information content (AvgIpc) is 3.12. The summed E-state index contributed by atoms with van der Waals surface area (Å²) in [4.78, 5) is 40.6. The van der Waals surface area contributed by atoms with E-state index in [1.807, 2.05) is 50.0 Å². The highest BCUT2D eigenvalue weighted by Gasteiger charge is 2.44. The van der Waals surface area contributed by atoms with E-state index in [1.54, 1.807) is 5.01 Å². The minimum absolute atomic E-state index is 0.179. The van der Waals surface area contributed by atoms with Crippen LogP contribution in [0.2, 0.25) is 0 Å². The molecule has 9 nitrogen and oxygen atoms in total. The molecule has 3 N–H and O–H groups in total. The van der Waals surface area contributed by atoms with Crippen molar-refractivity contribution in [2.45, 2.75) is 141 Å². The number of carbonyl (C=O) groups excluding carboxylic acids is 3. The molecule has 242 valence electrons. The van der Waals surface area contributed by atoms with Crippen LogP contribution >= 0.6 is 0 Å². The van der Waals surface area contributed by atoms with Crippen LogP contribution in [-0.4, -0.2) is 71.3 Å². The SMILES string of the molecule is CCCCCCCCCCOC(=O)[C@H](CCc1ccc(N)cc1)N[C@H]1CCCN2CCC[C@@H](C(=O)OC(C)(C)C)N2C1=O. The summed E-state index contributed by atoms with van der Waals surface area (Å²) in [6, 6.07) is 5.74. The Morgan fingerprint density at radius 3 is 2.26 bits per heavy atom. The number of amides is 1. The second-order valence-corrected chi connectivity index (χ2v) is 13.2. The van der Waals surface area contributed by atoms with Gasteiger partial charge < -0.3 is 15.2 Å². The molecule has 0 unspecified atom stereocenters. The van der Waals surface area contributed by atoms with E-state index in [2.05, 4.69) is 12.2 Å². The van der Waals surface area contributed by atoms with Crippen LogP contribution in [0, 0.1) is 0 Å². The summed E-state index contributed by atoms with van der Waals surface area (Å²) in [6.07, 6.45) is 13.2. The standard InChI is InChI=1S/C34H56N4O5/c1-5-6-7-8-9-10-11-12-25-42-32(40)29(22-19-26-17-20-27(35)21-18-26)36-28-15-13-23-37-24-14-16-30(38(37)31(28)39)33(41)43-34(2,3)4/h17-18,20-21,28-30,36H,5-16,19,22-25,35H2,1-4H3/t28-,29-,30-/m0/s1. The van der Waals surface area contributed by atoms with Crippen molar-refractivity contribution in [3.05, 3.63) is 29.8 Å². The van der Waals surface area contributed by atoms with Gasteiger partial charge in [0.05, 0.1) is 12.6 Å². The number of nitrogens with two attached hydrogens (primary N) is 1. The quantitative estimate of drug-likeness (QED) is 0.144. The second-order valence-electron chi connectivity index (χ2n) is 13.2. The van der Waals surface area contributed by atoms with E-state index in [0.29, 0.717) is 44.5 Å². The molecule has 2 aliphatic rings. The number of hydrogen-bond donors (Lipinski definition) is 2. The van der Waals surface area contributed by atoms with Gasteiger partial charge in [0.1, 0.15) is 17.7 Å². The van der Waals surface area contributed by atoms with Crippen molar-refractivity contribution in [2.75, 3.05) is 25.4 Å². The number of hydrazine groups is 1. The van der Waals surface area contributed by atoms with Crippen LogP contribution in [0.4, 0.5) is 5.69 Å². The molecule has 2 fully saturated rings. The lowest BCUT2D eigenvalue weighted by Crippen LogP contribution is -2.62. The van der Waals surface area contributed by atoms with Crippen molar-refractivity contribution >= 4 is 23.5 Å². The molecule has 43 heavy (non-hydrogen) atoms. The maximum absolute atomic E-state index is 14.0. The summed E-state index contributed by atoms with van der Waals surface area (Å²) < 4.78 is 11.5. The van der Waals surface area contributed by atoms with E-state index in [4.69, 9.17) is 15.2 Å². The van der Waals surface area contributed by atoms with Gasteiger partial charge in [-0.05, 0) is 83.4 Å². The van der Waals surface area contributed by atoms with Gasteiger partial charge in [0.15, 0.2) is 0 Å². The van der Waals surface area contributed by atoms with Crippen LogP contribution in [0.15, 0.2) is 24.3 Å². The van der Waals surface area contributed by atoms with E-state index in [0.717, 1.165) is 44.2 Å². The molecule has 1 aromatic rings. The molecule has 0 spiro atoms. The molecule has 3 rings (SSSR count). The summed E-state index contributed by atoms with van der Waals surface area (Å²) in [6.45, 7) is 9.52. The summed E-state index contributed by atoms with van der Waals surface area (Å²) in [7, 11) is 0. The lowest BCUT2D eigenvalue weighted by molar-refractivity contribution is -0.184. The van der Waals surface area contributed by atoms with Crippen molar-refractivity contribution in [1.29, 1.82) is 0 Å². The molecule has 1 aromatic carbocycles. The first-order valence-electron chi connectivity index (χ1n) is 16.7. The lowest BCUT2D eigenvalue weighted by Gasteiger charge is -2.43. The Morgan fingerprint density at radius 2 is 1.60 bits per heavy atom. The van der Waals surface area contributed by atoms with Gasteiger partial charge >= 0.3 is 11.9 Å². The third-order valence-electron chi connectivity index (χ3n) is 8.24. The van der Waals surface area contributed by atoms with E-state index in [-0.39, 0.29) is 17.8 Å². The number of rotatable bonds is 16. The highest BCUT2D eigenvalue weighted by atomic mass is 16.6. The number of benzene rings is 1. The van der Waals surface area contributed by atoms with Gasteiger partial charge in [-0.25, -0.2) is 9.80 Å². The largest absolute Gasteiger partial charge is 0.465 e. The normalized spacial score (nSPS) is 20.3. The van der Waals surface area contributed by atoms with Crippen molar-refractivity contribution in [2.24, 2.45) is 0 Å². The highest BCUT2D eigenvalue weighted by molar-refractivity contribution is 5.88. The monoisotopic (exact) mass is 600 g/mol. The first-order valence-corrected chi connectivity index (χ1v) is 16.7. The van der Waals surface area contributed by atoms with Crippen molar-refractivity contribution in [1.82, 2.24) is 15.3 Å². The topological polar surface area (TPSA) is 114 Å². The summed E-state index contributed by atoms with van der Waals surface area (Å²) in [5.74, 6) is -0.882. The van der Waals surface area contributed by atoms with E-state index < -0.39 is 23.7 Å². The third kappa shape index (κ3) is 11.8. The molecule has 2 saturated heterocycles. The average molecular weight is 601 g/mol. The van der Waals surface area contributed by atoms with Crippen LogP contribution in [0.3, 0.4) is 0 Å². The maximum Gasteiger partial charge on any atom is 0.331 e. The number of unbranched alkanes of at least 4 members (excludes halogenated alkanes) is 7. The summed E-state index contributed by atoms with van der Waals surface area (Å²) >= 11 is 0. The third-order valence-corrected chi connectivity index (χ3v) is 8.24. The molecule has 2 heterocycles. The van der Waals surface area contributed by atoms with Crippen molar-refractivity contribution < 1.29 is 23.9 Å². The van der Waals surface area contributed by atoms with Gasteiger partial charge in [0.25, 0.3) is 5.91 Å². The minimum Gasteiger partial charge on any atom is -0.465 e. The molecule has 0 aromatic heterocycles. The number of carbonyl (C=O) groups is 3. The molecule has 0 aliphatic carbocycles. The van der Waals surface area contributed by atoms with Gasteiger partial charge in [0, 0.05) is 18.8 Å². The summed E-state index contributed by atoms with van der Waals surface area (Å²) in [5.41, 5.74) is 6.98. The zero-order valence-electron chi connectivity index (χ0n) is 27.1. The zero-order chi connectivity index (χ0) is 31.2. The number of nitrogen functional groups attached to an aromatic ring is 1. The lowest BCUT2D eigenvalue weighted by atomic mass is 10.0. The number of fused-ring (bicyclic) bond motifs is 1. The van der Waals surface area contributed by atoms with Crippen LogP contribution in [-0.2, 0) is 30.3 Å². The molecular weight excluding hydrogens is 544 g/mol. The predicted molar refractivity (Wildman–Crippen MR) is 170 cm³/mol. The van der Waals surface area contributed by atoms with Gasteiger partial charge in [-0.1, -0.05) is 64.0 Å². The van der Waals surface area contributed by atoms with Crippen LogP contribution < -0.4 is 11.1 Å². The Hall–Kier alpha value is -2.65. The first kappa shape index (κ1) is 34.8. The number of hydrogen-bond acceptors (Lipinski definition) is 8. The Morgan fingerprint density at radius 1 is 0.977 bits per heavy atom. The Bertz CT molecular complexity index is 1010. The van der Waals surface area contributed by atoms with E-state index >= 15 is 0 Å². The fourth-order valence-corrected chi connectivity index (χ4v) is 5.93. The molecule has 0 radical (unpaired) electrons. The molecular formula is C34H56N4O5. The van der Waals surface area contributed by atoms with Gasteiger partial charge in [-0.2, -0.15) is 0 Å². The molecule has 2 aliphatic heterocycles. The maximum atomic E-state index is 14.0. The smallest absolute Gasteiger partial charge is 0.331 e. The predicted octanol–water partition coefficient (Wildman–Crippen LogP) is 5.56. The number of nitrogens with zero attached hydrogens (tertiary/aromatic N) is 2. The Labute approximate surface area is 259 Å². The second kappa shape index (κ2) is 17.6. The Kier molecular flexibility index (Phi) is 14.3. The van der Waals surface area contributed by atoms with Crippen molar-refractivity contribution in [3.63, 3.8) is 0 Å². The Balaban J connectivity index is 1.65. The first-order chi connectivity index (χ1) is 20.6. The van der Waals surface area contributed by atoms with Crippen LogP contribution in [0.5, 0.6) is 0 Å². The number of ether oxygens (including phenoxy) is 2. The number of esters is 2. The minimum atomic E-state index is -0.662. The number of aryl methyl sites for hydroxylation is 1. The van der Waals surface area contributed by atoms with E-state index in [1.165, 1.54) is 32.1 Å². The van der Waals surface area contributed by atoms with Crippen LogP contribution in [0.25, 0.3) is 0 Å². The molecule has 0 saturated carbocycles. The van der Waals surface area contributed by atoms with Crippen molar-refractivity contribution in [3.8, 4) is 0 Å². The highest BCUT2D eigenvalue weighted by Crippen LogP contribution is 2.26. The van der Waals surface area contributed by atoms with Gasteiger partial charge in [-0.3, -0.25) is 19.9 Å². The molecule has 1 amide bonds. The number of nitrogens with one attached hydrogen (secondary N) is 1. The number of anilines is 1. The molecule has 3 atom stereocenters. The summed E-state index contributed by atoms with van der Waals surface area (Å²) in [5, 5.41) is 6.99. The fraction of sp³-hybridized carbons (Fsp3) is 0.735. The van der Waals surface area contributed by atoms with E-state index in [9.17, 15) is 14.4 Å². The van der Waals surface area contributed by atoms with Gasteiger partial charge in [0.2, 0.25) is 0 Å². The molecule has 0 bridgehead atoms. The molecule has 9 heteroatoms. The fourth-order valence-electron chi connectivity index (χ4n) is 5.93. The zero-order valence-corrected chi connectivity index (χ0v) is 27.1.